The van der Waals surface area contributed by atoms with Gasteiger partial charge >= 0.3 is 7.60 Å². The SMILES string of the molecule is C[C@H](Cn1cnc2c(N)ncnc21)OC[P@@]1(=O)OCC[C@@H](c2cc(F)cc(Cl)c2)O1. The first-order valence-corrected chi connectivity index (χ1v) is 11.3. The molecule has 3 aromatic rings. The van der Waals surface area contributed by atoms with Crippen molar-refractivity contribution in [1.82, 2.24) is 19.5 Å². The van der Waals surface area contributed by atoms with Crippen LogP contribution in [0.4, 0.5) is 10.2 Å². The summed E-state index contributed by atoms with van der Waals surface area (Å²) in [5, 5.41) is 0.247. The number of rotatable bonds is 6. The molecule has 2 N–H and O–H groups in total. The second kappa shape index (κ2) is 8.56. The molecule has 1 aliphatic heterocycles. The number of nitrogens with two attached hydrogens (primary N) is 1. The van der Waals surface area contributed by atoms with E-state index < -0.39 is 19.5 Å². The van der Waals surface area contributed by atoms with Crippen LogP contribution in [0.25, 0.3) is 11.2 Å². The number of halogens is 2. The van der Waals surface area contributed by atoms with Crippen molar-refractivity contribution < 1.29 is 22.7 Å². The van der Waals surface area contributed by atoms with Crippen molar-refractivity contribution in [3.63, 3.8) is 0 Å². The van der Waals surface area contributed by atoms with E-state index in [-0.39, 0.29) is 24.1 Å². The number of anilines is 1. The number of benzene rings is 1. The third kappa shape index (κ3) is 4.63. The van der Waals surface area contributed by atoms with Crippen molar-refractivity contribution in [1.29, 1.82) is 0 Å². The highest BCUT2D eigenvalue weighted by atomic mass is 35.5. The normalized spacial score (nSPS) is 23.0. The molecule has 0 amide bonds. The summed E-state index contributed by atoms with van der Waals surface area (Å²) in [6, 6.07) is 4.10. The number of nitrogens with zero attached hydrogens (tertiary/aromatic N) is 4. The highest BCUT2D eigenvalue weighted by Crippen LogP contribution is 2.56. The first-order chi connectivity index (χ1) is 14.3. The van der Waals surface area contributed by atoms with Crippen LogP contribution in [0.3, 0.4) is 0 Å². The Kier molecular flexibility index (Phi) is 6.04. The van der Waals surface area contributed by atoms with Gasteiger partial charge in [0.25, 0.3) is 0 Å². The van der Waals surface area contributed by atoms with Crippen LogP contribution < -0.4 is 5.73 Å². The Hall–Kier alpha value is -2.10. The van der Waals surface area contributed by atoms with Gasteiger partial charge in [0.05, 0.1) is 31.7 Å². The van der Waals surface area contributed by atoms with Gasteiger partial charge in [-0.2, -0.15) is 0 Å². The summed E-state index contributed by atoms with van der Waals surface area (Å²) in [5.74, 6) is -0.187. The molecule has 0 aliphatic carbocycles. The van der Waals surface area contributed by atoms with Crippen LogP contribution in [0, 0.1) is 5.82 Å². The number of imidazole rings is 1. The molecule has 0 unspecified atom stereocenters. The quantitative estimate of drug-likeness (QED) is 0.556. The van der Waals surface area contributed by atoms with Crippen LogP contribution in [0.5, 0.6) is 0 Å². The van der Waals surface area contributed by atoms with Crippen molar-refractivity contribution in [2.75, 3.05) is 18.7 Å². The molecule has 3 heterocycles. The lowest BCUT2D eigenvalue weighted by molar-refractivity contribution is 0.0339. The van der Waals surface area contributed by atoms with Crippen molar-refractivity contribution in [3.05, 3.63) is 47.3 Å². The van der Waals surface area contributed by atoms with E-state index in [1.807, 2.05) is 6.92 Å². The molecule has 160 valence electrons. The van der Waals surface area contributed by atoms with E-state index >= 15 is 0 Å². The first-order valence-electron chi connectivity index (χ1n) is 9.24. The molecule has 1 saturated heterocycles. The van der Waals surface area contributed by atoms with Gasteiger partial charge in [0.2, 0.25) is 0 Å². The number of hydrogen-bond acceptors (Lipinski definition) is 8. The summed E-state index contributed by atoms with van der Waals surface area (Å²) in [6.45, 7) is 2.42. The van der Waals surface area contributed by atoms with E-state index in [0.29, 0.717) is 35.5 Å². The molecule has 9 nitrogen and oxygen atoms in total. The minimum absolute atomic E-state index is 0.205. The van der Waals surface area contributed by atoms with Gasteiger partial charge in [0.1, 0.15) is 24.0 Å². The monoisotopic (exact) mass is 455 g/mol. The van der Waals surface area contributed by atoms with Gasteiger partial charge in [0, 0.05) is 11.4 Å². The van der Waals surface area contributed by atoms with E-state index in [1.165, 1.54) is 18.5 Å². The van der Waals surface area contributed by atoms with Crippen molar-refractivity contribution >= 4 is 36.2 Å². The van der Waals surface area contributed by atoms with Crippen LogP contribution in [0.1, 0.15) is 25.0 Å². The molecular formula is C18H20ClFN5O4P. The van der Waals surface area contributed by atoms with Gasteiger partial charge in [0.15, 0.2) is 11.5 Å². The third-order valence-corrected chi connectivity index (χ3v) is 6.45. The predicted octanol–water partition coefficient (Wildman–Crippen LogP) is 3.93. The van der Waals surface area contributed by atoms with Gasteiger partial charge in [-0.15, -0.1) is 0 Å². The Balaban J connectivity index is 1.39. The van der Waals surface area contributed by atoms with E-state index in [1.54, 1.807) is 17.0 Å². The Morgan fingerprint density at radius 3 is 3.03 bits per heavy atom. The molecular weight excluding hydrogens is 436 g/mol. The molecule has 2 aromatic heterocycles. The standard InChI is InChI=1S/C18H20ClFN5O4P/c1-11(7-25-9-24-16-17(21)22-8-23-18(16)25)27-10-30(26)28-3-2-15(29-30)12-4-13(19)6-14(20)5-12/h4-6,8-9,11,15H,2-3,7,10H2,1H3,(H2,21,22,23)/t11-,15+,30-/m1/s1. The van der Waals surface area contributed by atoms with Crippen LogP contribution in [0.15, 0.2) is 30.9 Å². The van der Waals surface area contributed by atoms with Crippen molar-refractivity contribution in [2.24, 2.45) is 0 Å². The zero-order chi connectivity index (χ0) is 21.3. The topological polar surface area (TPSA) is 114 Å². The molecule has 1 fully saturated rings. The minimum atomic E-state index is -3.52. The number of nitrogen functional groups attached to an aromatic ring is 1. The van der Waals surface area contributed by atoms with Crippen molar-refractivity contribution in [3.8, 4) is 0 Å². The Bertz CT molecular complexity index is 1090. The summed E-state index contributed by atoms with van der Waals surface area (Å²) in [7, 11) is -3.52. The number of ether oxygens (including phenoxy) is 1. The fourth-order valence-electron chi connectivity index (χ4n) is 3.21. The molecule has 1 aliphatic rings. The molecule has 0 bridgehead atoms. The van der Waals surface area contributed by atoms with E-state index in [4.69, 9.17) is 31.1 Å². The number of fused-ring (bicyclic) bond motifs is 1. The fourth-order valence-corrected chi connectivity index (χ4v) is 5.07. The van der Waals surface area contributed by atoms with Gasteiger partial charge in [-0.05, 0) is 30.7 Å². The van der Waals surface area contributed by atoms with Crippen LogP contribution in [-0.4, -0.2) is 38.6 Å². The molecule has 4 rings (SSSR count). The average Bonchev–Trinajstić information content (AvgIpc) is 3.10. The van der Waals surface area contributed by atoms with Crippen LogP contribution in [-0.2, 0) is 24.9 Å². The maximum Gasteiger partial charge on any atom is 0.356 e. The summed E-state index contributed by atoms with van der Waals surface area (Å²) in [5.41, 5.74) is 7.40. The lowest BCUT2D eigenvalue weighted by atomic mass is 10.1. The van der Waals surface area contributed by atoms with E-state index in [0.717, 1.165) is 0 Å². The zero-order valence-electron chi connectivity index (χ0n) is 16.1. The van der Waals surface area contributed by atoms with Crippen LogP contribution >= 0.6 is 19.2 Å². The fraction of sp³-hybridized carbons (Fsp3) is 0.389. The average molecular weight is 456 g/mol. The molecule has 30 heavy (non-hydrogen) atoms. The Labute approximate surface area is 176 Å². The summed E-state index contributed by atoms with van der Waals surface area (Å²) < 4.78 is 45.2. The number of hydrogen-bond donors (Lipinski definition) is 1. The highest BCUT2D eigenvalue weighted by Gasteiger charge is 2.35. The van der Waals surface area contributed by atoms with Gasteiger partial charge in [-0.1, -0.05) is 11.6 Å². The lowest BCUT2D eigenvalue weighted by Crippen LogP contribution is -2.21. The van der Waals surface area contributed by atoms with Gasteiger partial charge in [-0.3, -0.25) is 9.09 Å². The maximum atomic E-state index is 13.7. The molecule has 0 saturated carbocycles. The first kappa shape index (κ1) is 21.1. The minimum Gasteiger partial charge on any atom is -0.382 e. The van der Waals surface area contributed by atoms with E-state index in [9.17, 15) is 8.96 Å². The second-order valence-corrected chi connectivity index (χ2v) is 9.35. The molecule has 0 spiro atoms. The molecule has 0 radical (unpaired) electrons. The van der Waals surface area contributed by atoms with Crippen molar-refractivity contribution in [2.45, 2.75) is 32.1 Å². The largest absolute Gasteiger partial charge is 0.382 e. The van der Waals surface area contributed by atoms with Crippen LogP contribution in [0.2, 0.25) is 5.02 Å². The third-order valence-electron chi connectivity index (χ3n) is 4.61. The lowest BCUT2D eigenvalue weighted by Gasteiger charge is -2.30. The maximum absolute atomic E-state index is 13.7. The summed E-state index contributed by atoms with van der Waals surface area (Å²) >= 11 is 5.92. The molecule has 3 atom stereocenters. The number of aromatic nitrogens is 4. The summed E-state index contributed by atoms with van der Waals surface area (Å²) in [6.07, 6.45) is 2.21. The summed E-state index contributed by atoms with van der Waals surface area (Å²) in [4.78, 5) is 12.3. The Morgan fingerprint density at radius 2 is 2.23 bits per heavy atom. The molecule has 1 aromatic carbocycles. The van der Waals surface area contributed by atoms with E-state index in [2.05, 4.69) is 15.0 Å². The second-order valence-electron chi connectivity index (χ2n) is 6.96. The zero-order valence-corrected chi connectivity index (χ0v) is 17.7. The smallest absolute Gasteiger partial charge is 0.356 e. The molecule has 12 heteroatoms. The van der Waals surface area contributed by atoms with Gasteiger partial charge in [-0.25, -0.2) is 19.3 Å². The predicted molar refractivity (Wildman–Crippen MR) is 109 cm³/mol. The highest BCUT2D eigenvalue weighted by molar-refractivity contribution is 7.53. The Morgan fingerprint density at radius 1 is 1.40 bits per heavy atom. The van der Waals surface area contributed by atoms with Gasteiger partial charge < -0.3 is 19.6 Å².